The molecule has 0 amide bonds. The Morgan fingerprint density at radius 1 is 0.947 bits per heavy atom. The molecule has 2 aromatic rings. The number of benzene rings is 2. The molecule has 0 spiro atoms. The van der Waals surface area contributed by atoms with E-state index in [2.05, 4.69) is 36.4 Å². The van der Waals surface area contributed by atoms with Crippen molar-refractivity contribution in [2.75, 3.05) is 0 Å². The Kier molecular flexibility index (Phi) is 7.37. The van der Waals surface area contributed by atoms with Crippen LogP contribution in [0.1, 0.15) is 12.0 Å². The summed E-state index contributed by atoms with van der Waals surface area (Å²) in [6.07, 6.45) is 0.812. The molecular weight excluding hydrogens is 466 g/mol. The number of rotatable bonds is 5. The van der Waals surface area contributed by atoms with E-state index in [1.165, 1.54) is 7.14 Å². The van der Waals surface area contributed by atoms with Crippen LogP contribution in [0.2, 0.25) is 0 Å². The summed E-state index contributed by atoms with van der Waals surface area (Å²) >= 11 is -0.123. The van der Waals surface area contributed by atoms with Crippen LogP contribution < -0.4 is 45.2 Å². The summed E-state index contributed by atoms with van der Waals surface area (Å²) in [7, 11) is 0. The third-order valence-corrected chi connectivity index (χ3v) is 5.18. The first kappa shape index (κ1) is 16.4. The lowest BCUT2D eigenvalue weighted by molar-refractivity contribution is -0.597. The highest BCUT2D eigenvalue weighted by atomic mass is 127. The normalized spacial score (nSPS) is 9.68. The molecule has 0 radical (unpaired) electrons. The standard InChI is InChI=1S/C15H13IO2.HI/c17-15(18)11-8-12-6-9-14(10-7-12)16-13-4-2-1-3-5-13;/h1-7,9-10H,8,11H2;1H. The van der Waals surface area contributed by atoms with Crippen LogP contribution in [0.5, 0.6) is 0 Å². The Bertz CT molecular complexity index is 509. The van der Waals surface area contributed by atoms with E-state index >= 15 is 0 Å². The van der Waals surface area contributed by atoms with Crippen LogP contribution in [0.4, 0.5) is 0 Å². The van der Waals surface area contributed by atoms with E-state index in [0.717, 1.165) is 5.56 Å². The van der Waals surface area contributed by atoms with Gasteiger partial charge in [0.1, 0.15) is 0 Å². The van der Waals surface area contributed by atoms with Crippen molar-refractivity contribution in [2.24, 2.45) is 0 Å². The molecule has 1 N–H and O–H groups in total. The molecule has 0 aliphatic carbocycles. The summed E-state index contributed by atoms with van der Waals surface area (Å²) in [6, 6.07) is 18.8. The van der Waals surface area contributed by atoms with Gasteiger partial charge in [-0.05, 0) is 36.2 Å². The maximum Gasteiger partial charge on any atom is 0.357 e. The second-order valence-corrected chi connectivity index (χ2v) is 6.94. The van der Waals surface area contributed by atoms with E-state index in [4.69, 9.17) is 5.11 Å². The van der Waals surface area contributed by atoms with E-state index in [9.17, 15) is 4.79 Å². The van der Waals surface area contributed by atoms with Gasteiger partial charge in [0.05, 0.1) is 0 Å². The van der Waals surface area contributed by atoms with Crippen molar-refractivity contribution in [1.82, 2.24) is 0 Å². The second kappa shape index (κ2) is 8.52. The molecule has 100 valence electrons. The van der Waals surface area contributed by atoms with Gasteiger partial charge in [0.15, 0.2) is 7.14 Å². The molecule has 2 rings (SSSR count). The number of aliphatic carboxylic acids is 1. The van der Waals surface area contributed by atoms with Crippen molar-refractivity contribution in [3.05, 3.63) is 67.3 Å². The molecule has 0 bridgehead atoms. The predicted octanol–water partition coefficient (Wildman–Crippen LogP) is -3.16. The number of aryl methyl sites for hydroxylation is 1. The van der Waals surface area contributed by atoms with Gasteiger partial charge in [0, 0.05) is 6.42 Å². The van der Waals surface area contributed by atoms with E-state index < -0.39 is 5.97 Å². The van der Waals surface area contributed by atoms with Crippen LogP contribution in [0, 0.1) is 7.14 Å². The Morgan fingerprint density at radius 3 is 2.11 bits per heavy atom. The molecular formula is C15H14I2O2. The van der Waals surface area contributed by atoms with Crippen molar-refractivity contribution in [3.63, 3.8) is 0 Å². The number of carboxylic acids is 1. The number of halogens is 2. The lowest BCUT2D eigenvalue weighted by atomic mass is 10.1. The van der Waals surface area contributed by atoms with Crippen molar-refractivity contribution >= 4 is 5.97 Å². The fraction of sp³-hybridized carbons (Fsp3) is 0.133. The molecule has 0 aliphatic heterocycles. The van der Waals surface area contributed by atoms with Crippen molar-refractivity contribution in [1.29, 1.82) is 0 Å². The summed E-state index contributed by atoms with van der Waals surface area (Å²) in [6.45, 7) is 0. The SMILES string of the molecule is O=C(O)CCc1ccc([I+]c2ccccc2)cc1.[I-]. The van der Waals surface area contributed by atoms with Gasteiger partial charge < -0.3 is 29.1 Å². The third kappa shape index (κ3) is 5.90. The van der Waals surface area contributed by atoms with Gasteiger partial charge in [-0.1, -0.05) is 30.3 Å². The fourth-order valence-corrected chi connectivity index (χ4v) is 3.78. The zero-order valence-electron chi connectivity index (χ0n) is 10.2. The predicted molar refractivity (Wildman–Crippen MR) is 66.2 cm³/mol. The van der Waals surface area contributed by atoms with Gasteiger partial charge in [-0.3, -0.25) is 4.79 Å². The highest BCUT2D eigenvalue weighted by Crippen LogP contribution is 2.02. The summed E-state index contributed by atoms with van der Waals surface area (Å²) in [5.74, 6) is -0.740. The molecule has 0 fully saturated rings. The van der Waals surface area contributed by atoms with E-state index in [1.54, 1.807) is 0 Å². The van der Waals surface area contributed by atoms with E-state index in [0.29, 0.717) is 6.42 Å². The maximum absolute atomic E-state index is 10.5. The van der Waals surface area contributed by atoms with E-state index in [1.807, 2.05) is 18.2 Å². The summed E-state index contributed by atoms with van der Waals surface area (Å²) in [4.78, 5) is 10.5. The van der Waals surface area contributed by atoms with Crippen molar-refractivity contribution in [2.45, 2.75) is 12.8 Å². The van der Waals surface area contributed by atoms with Crippen LogP contribution in [-0.2, 0) is 11.2 Å². The minimum atomic E-state index is -0.740. The highest BCUT2D eigenvalue weighted by molar-refractivity contribution is 5.67. The first-order valence-electron chi connectivity index (χ1n) is 5.74. The quantitative estimate of drug-likeness (QED) is 0.460. The largest absolute Gasteiger partial charge is 1.00 e. The number of hydrogen-bond acceptors (Lipinski definition) is 1. The molecule has 0 aromatic heterocycles. The van der Waals surface area contributed by atoms with Gasteiger partial charge in [0.2, 0.25) is 0 Å². The lowest BCUT2D eigenvalue weighted by Crippen LogP contribution is -3.61. The van der Waals surface area contributed by atoms with Crippen molar-refractivity contribution < 1.29 is 55.1 Å². The van der Waals surface area contributed by atoms with Crippen LogP contribution >= 0.6 is 0 Å². The minimum absolute atomic E-state index is 0. The third-order valence-electron chi connectivity index (χ3n) is 2.49. The molecule has 0 atom stereocenters. The van der Waals surface area contributed by atoms with Crippen LogP contribution in [-0.4, -0.2) is 11.1 Å². The van der Waals surface area contributed by atoms with Gasteiger partial charge in [0.25, 0.3) is 0 Å². The zero-order chi connectivity index (χ0) is 12.8. The second-order valence-electron chi connectivity index (χ2n) is 3.91. The maximum atomic E-state index is 10.5. The highest BCUT2D eigenvalue weighted by Gasteiger charge is 2.14. The monoisotopic (exact) mass is 480 g/mol. The van der Waals surface area contributed by atoms with Crippen LogP contribution in [0.15, 0.2) is 54.6 Å². The molecule has 0 aliphatic rings. The number of carbonyl (C=O) groups is 1. The Labute approximate surface area is 140 Å². The molecule has 2 aromatic carbocycles. The molecule has 0 unspecified atom stereocenters. The topological polar surface area (TPSA) is 37.3 Å². The molecule has 2 nitrogen and oxygen atoms in total. The van der Waals surface area contributed by atoms with Crippen molar-refractivity contribution in [3.8, 4) is 0 Å². The number of carboxylic acid groups (broad SMARTS) is 1. The zero-order valence-corrected chi connectivity index (χ0v) is 14.5. The molecule has 0 saturated heterocycles. The first-order valence-corrected chi connectivity index (χ1v) is 7.90. The van der Waals surface area contributed by atoms with Gasteiger partial charge >= 0.3 is 27.2 Å². The van der Waals surface area contributed by atoms with Crippen LogP contribution in [0.3, 0.4) is 0 Å². The Balaban J connectivity index is 0.00000180. The van der Waals surface area contributed by atoms with Crippen LogP contribution in [0.25, 0.3) is 0 Å². The molecule has 19 heavy (non-hydrogen) atoms. The lowest BCUT2D eigenvalue weighted by Gasteiger charge is -1.96. The smallest absolute Gasteiger partial charge is 0.357 e. The van der Waals surface area contributed by atoms with E-state index in [-0.39, 0.29) is 51.6 Å². The molecule has 0 heterocycles. The molecule has 4 heteroatoms. The number of hydrogen-bond donors (Lipinski definition) is 1. The summed E-state index contributed by atoms with van der Waals surface area (Å²) in [5, 5.41) is 8.63. The minimum Gasteiger partial charge on any atom is -1.00 e. The Morgan fingerprint density at radius 2 is 1.53 bits per heavy atom. The fourth-order valence-electron chi connectivity index (χ4n) is 1.57. The summed E-state index contributed by atoms with van der Waals surface area (Å²) < 4.78 is 2.76. The van der Waals surface area contributed by atoms with Gasteiger partial charge in [-0.15, -0.1) is 0 Å². The first-order chi connectivity index (χ1) is 8.74. The molecule has 0 saturated carbocycles. The average Bonchev–Trinajstić information content (AvgIpc) is 2.39. The average molecular weight is 480 g/mol. The van der Waals surface area contributed by atoms with Gasteiger partial charge in [-0.25, -0.2) is 0 Å². The van der Waals surface area contributed by atoms with Gasteiger partial charge in [-0.2, -0.15) is 0 Å². The Hall–Kier alpha value is -0.630. The summed E-state index contributed by atoms with van der Waals surface area (Å²) in [5.41, 5.74) is 1.10.